The van der Waals surface area contributed by atoms with Crippen molar-refractivity contribution in [3.8, 4) is 44.5 Å². The molecule has 6 heterocycles. The number of benzene rings is 4. The molecule has 0 fully saturated rings. The lowest BCUT2D eigenvalue weighted by atomic mass is 9.97. The Morgan fingerprint density at radius 1 is 0.260 bits per heavy atom. The monoisotopic (exact) mass is 1040 g/mol. The van der Waals surface area contributed by atoms with Crippen LogP contribution in [0.3, 0.4) is 0 Å². The van der Waals surface area contributed by atoms with Gasteiger partial charge in [0.2, 0.25) is 23.3 Å². The fourth-order valence-electron chi connectivity index (χ4n) is 8.29. The average molecular weight is 1040 g/mol. The van der Waals surface area contributed by atoms with Gasteiger partial charge in [-0.05, 0) is 54.6 Å². The van der Waals surface area contributed by atoms with Crippen LogP contribution in [0.4, 0.5) is 93.5 Å². The lowest BCUT2D eigenvalue weighted by molar-refractivity contribution is 0.381. The van der Waals surface area contributed by atoms with Gasteiger partial charge in [0.15, 0.2) is 93.1 Å². The van der Waals surface area contributed by atoms with Crippen LogP contribution in [0.2, 0.25) is 0 Å². The van der Waals surface area contributed by atoms with E-state index < -0.39 is 206 Å². The van der Waals surface area contributed by atoms with Gasteiger partial charge in [0.1, 0.15) is 0 Å². The third-order valence-corrected chi connectivity index (χ3v) is 11.6. The molecule has 0 saturated carbocycles. The molecule has 0 atom stereocenters. The third kappa shape index (κ3) is 7.02. The summed E-state index contributed by atoms with van der Waals surface area (Å²) in [6.07, 6.45) is 1.81. The van der Waals surface area contributed by atoms with Crippen molar-refractivity contribution in [3.63, 3.8) is 0 Å². The number of aromatic nitrogens is 4. The van der Waals surface area contributed by atoms with Crippen LogP contribution in [-0.4, -0.2) is 26.2 Å². The van der Waals surface area contributed by atoms with E-state index in [9.17, 15) is 35.1 Å². The average Bonchev–Trinajstić information content (AvgIpc) is 4.26. The zero-order valence-electron chi connectivity index (χ0n) is 34.7. The standard InChI is InChI=1S/C48H13F20N5/c49-29-25(30(50)38(58)45(65)37(29)57)21-11-9-20(69-10-11)24(28-35(55)43(63)48(68)44(64)36(28)56)19-8-7-18(73-19)23(27-33(53)41(61)47(67)42(62)34(27)54)16-4-2-13(71-16)12-1-3-15(70-12)22(17-6-5-14(21)72-17)26-31(51)39(59)46(66)40(60)32(26)52/h1-10,70-71,73H. The predicted molar refractivity (Wildman–Crippen MR) is 221 cm³/mol. The zero-order valence-corrected chi connectivity index (χ0v) is 34.7. The topological polar surface area (TPSA) is 72.6 Å². The molecule has 0 saturated heterocycles. The van der Waals surface area contributed by atoms with Crippen LogP contribution < -0.4 is 0 Å². The van der Waals surface area contributed by atoms with Crippen molar-refractivity contribution < 1.29 is 87.8 Å². The molecule has 8 aromatic rings. The Kier molecular flexibility index (Phi) is 11.2. The first kappa shape index (κ1) is 48.0. The molecular weight excluding hydrogens is 1030 g/mol. The molecule has 4 aromatic carbocycles. The third-order valence-electron chi connectivity index (χ3n) is 11.6. The number of halogens is 20. The first-order valence-corrected chi connectivity index (χ1v) is 20.0. The van der Waals surface area contributed by atoms with Gasteiger partial charge in [-0.15, -0.1) is 0 Å². The van der Waals surface area contributed by atoms with Gasteiger partial charge in [-0.3, -0.25) is 4.99 Å². The highest BCUT2D eigenvalue weighted by Crippen LogP contribution is 2.46. The second kappa shape index (κ2) is 17.0. The van der Waals surface area contributed by atoms with E-state index in [0.717, 1.165) is 30.3 Å². The second-order valence-electron chi connectivity index (χ2n) is 15.6. The van der Waals surface area contributed by atoms with E-state index in [-0.39, 0.29) is 11.0 Å². The number of fused-ring (bicyclic) bond motifs is 11. The largest absolute Gasteiger partial charge is 0.354 e. The summed E-state index contributed by atoms with van der Waals surface area (Å²) in [6, 6.07) is 5.82. The van der Waals surface area contributed by atoms with Gasteiger partial charge in [0.05, 0.1) is 50.4 Å². The molecular formula is C48H13F20N5. The van der Waals surface area contributed by atoms with E-state index in [1.807, 2.05) is 0 Å². The summed E-state index contributed by atoms with van der Waals surface area (Å²) in [6.45, 7) is 0. The van der Waals surface area contributed by atoms with Crippen molar-refractivity contribution in [2.24, 2.45) is 4.99 Å². The predicted octanol–water partition coefficient (Wildman–Crippen LogP) is 15.3. The van der Waals surface area contributed by atoms with E-state index in [1.165, 1.54) is 0 Å². The number of H-pyrrole nitrogens is 3. The molecule has 5 nitrogen and oxygen atoms in total. The summed E-state index contributed by atoms with van der Waals surface area (Å²) in [5, 5.41) is 0. The number of nitrogens with zero attached hydrogens (tertiary/aromatic N) is 2. The first-order chi connectivity index (χ1) is 34.5. The van der Waals surface area contributed by atoms with Gasteiger partial charge in [0.25, 0.3) is 0 Å². The van der Waals surface area contributed by atoms with E-state index in [2.05, 4.69) is 24.9 Å². The van der Waals surface area contributed by atoms with Gasteiger partial charge in [-0.25, -0.2) is 92.8 Å². The first-order valence-electron chi connectivity index (χ1n) is 20.0. The number of aliphatic imine (C=N–C) groups is 1. The molecule has 2 aliphatic heterocycles. The van der Waals surface area contributed by atoms with Gasteiger partial charge in [-0.1, -0.05) is 0 Å². The summed E-state index contributed by atoms with van der Waals surface area (Å²) in [4.78, 5) is 15.3. The van der Waals surface area contributed by atoms with Crippen molar-refractivity contribution in [3.05, 3.63) is 176 Å². The lowest BCUT2D eigenvalue weighted by Crippen LogP contribution is -2.06. The van der Waals surface area contributed by atoms with Crippen LogP contribution in [-0.2, 0) is 0 Å². The van der Waals surface area contributed by atoms with Gasteiger partial charge >= 0.3 is 0 Å². The molecule has 73 heavy (non-hydrogen) atoms. The minimum absolute atomic E-state index is 0.288. The quantitative estimate of drug-likeness (QED) is 0.0917. The maximum Gasteiger partial charge on any atom is 0.200 e. The van der Waals surface area contributed by atoms with Crippen molar-refractivity contribution in [2.75, 3.05) is 0 Å². The Morgan fingerprint density at radius 3 is 0.904 bits per heavy atom. The van der Waals surface area contributed by atoms with Crippen molar-refractivity contribution in [1.82, 2.24) is 19.9 Å². The Bertz CT molecular complexity index is 4000. The molecule has 4 aromatic heterocycles. The van der Waals surface area contributed by atoms with E-state index in [0.29, 0.717) is 30.5 Å². The Balaban J connectivity index is 1.50. The summed E-state index contributed by atoms with van der Waals surface area (Å²) >= 11 is 0. The lowest BCUT2D eigenvalue weighted by Gasteiger charge is -2.11. The fourth-order valence-corrected chi connectivity index (χ4v) is 8.29. The summed E-state index contributed by atoms with van der Waals surface area (Å²) in [5.74, 6) is -51.9. The van der Waals surface area contributed by atoms with Crippen LogP contribution in [0.25, 0.3) is 89.8 Å². The highest BCUT2D eigenvalue weighted by atomic mass is 19.2. The van der Waals surface area contributed by atoms with Gasteiger partial charge in [0, 0.05) is 56.1 Å². The number of rotatable bonds is 4. The maximum absolute atomic E-state index is 16.0. The highest BCUT2D eigenvalue weighted by Gasteiger charge is 2.35. The molecule has 2 aliphatic rings. The van der Waals surface area contributed by atoms with Crippen LogP contribution >= 0.6 is 0 Å². The number of hydrogen-bond acceptors (Lipinski definition) is 2. The summed E-state index contributed by atoms with van der Waals surface area (Å²) < 4.78 is 305. The summed E-state index contributed by atoms with van der Waals surface area (Å²) in [7, 11) is 0. The molecule has 0 unspecified atom stereocenters. The Morgan fingerprint density at radius 2 is 0.521 bits per heavy atom. The van der Waals surface area contributed by atoms with E-state index in [1.54, 1.807) is 0 Å². The molecule has 25 heteroatoms. The molecule has 10 bridgehead atoms. The zero-order chi connectivity index (χ0) is 52.5. The molecule has 0 radical (unpaired) electrons. The maximum atomic E-state index is 16.0. The Labute approximate surface area is 389 Å². The van der Waals surface area contributed by atoms with Crippen LogP contribution in [0.15, 0.2) is 47.5 Å². The molecule has 10 rings (SSSR count). The van der Waals surface area contributed by atoms with Gasteiger partial charge in [-0.2, -0.15) is 0 Å². The molecule has 370 valence electrons. The van der Waals surface area contributed by atoms with Crippen molar-refractivity contribution in [2.45, 2.75) is 0 Å². The number of aromatic amines is 3. The van der Waals surface area contributed by atoms with Crippen molar-refractivity contribution in [1.29, 1.82) is 0 Å². The van der Waals surface area contributed by atoms with Crippen molar-refractivity contribution >= 4 is 57.2 Å². The van der Waals surface area contributed by atoms with Crippen LogP contribution in [0, 0.1) is 116 Å². The SMILES string of the molecule is Fc1c(F)c(F)c(-c2c3cc(c(-c4c(F)c(F)c(F)c(F)c4F)c4ccc([nH]4)c(-c4c(F)c(F)c(F)c(F)c4F)c4ccc([nH]4)c4ccc([nH]4)c(-c4c(F)c(F)c(F)c(F)c4F)c4nc2C=C4)N=C3)c(F)c1F. The minimum atomic E-state index is -2.72. The van der Waals surface area contributed by atoms with E-state index >= 15 is 52.7 Å². The number of hydrogen-bond donors (Lipinski definition) is 3. The second-order valence-corrected chi connectivity index (χ2v) is 15.6. The molecule has 0 amide bonds. The minimum Gasteiger partial charge on any atom is -0.354 e. The molecule has 0 spiro atoms. The van der Waals surface area contributed by atoms with Crippen LogP contribution in [0.5, 0.6) is 0 Å². The normalized spacial score (nSPS) is 12.3. The highest BCUT2D eigenvalue weighted by molar-refractivity contribution is 6.04. The number of nitrogens with one attached hydrogen (secondary N) is 3. The summed E-state index contributed by atoms with van der Waals surface area (Å²) in [5.41, 5.74) is -19.4. The Hall–Kier alpha value is -8.64. The molecule has 3 N–H and O–H groups in total. The molecule has 0 aliphatic carbocycles. The van der Waals surface area contributed by atoms with Gasteiger partial charge < -0.3 is 15.0 Å². The van der Waals surface area contributed by atoms with Crippen LogP contribution in [0.1, 0.15) is 17.0 Å². The smallest absolute Gasteiger partial charge is 0.200 e. The van der Waals surface area contributed by atoms with E-state index in [4.69, 9.17) is 0 Å². The fraction of sp³-hybridized carbons (Fsp3) is 0.